The van der Waals surface area contributed by atoms with Gasteiger partial charge in [0.05, 0.1) is 7.11 Å². The number of rotatable bonds is 5. The van der Waals surface area contributed by atoms with Gasteiger partial charge in [-0.2, -0.15) is 0 Å². The lowest BCUT2D eigenvalue weighted by molar-refractivity contribution is 0.294. The van der Waals surface area contributed by atoms with Crippen LogP contribution >= 0.6 is 0 Å². The van der Waals surface area contributed by atoms with Crippen LogP contribution in [0.5, 0.6) is 11.5 Å². The van der Waals surface area contributed by atoms with Gasteiger partial charge in [-0.15, -0.1) is 0 Å². The predicted molar refractivity (Wildman–Crippen MR) is 81.1 cm³/mol. The van der Waals surface area contributed by atoms with E-state index in [-0.39, 0.29) is 18.5 Å². The lowest BCUT2D eigenvalue weighted by Crippen LogP contribution is -2.08. The summed E-state index contributed by atoms with van der Waals surface area (Å²) in [6, 6.07) is 10.4. The highest BCUT2D eigenvalue weighted by Crippen LogP contribution is 2.26. The van der Waals surface area contributed by atoms with Crippen LogP contribution in [0.25, 0.3) is 0 Å². The summed E-state index contributed by atoms with van der Waals surface area (Å²) in [6.45, 7) is 4.02. The molecule has 0 aliphatic rings. The molecule has 112 valence electrons. The number of aryl methyl sites for hydroxylation is 1. The third-order valence-electron chi connectivity index (χ3n) is 3.30. The van der Waals surface area contributed by atoms with Gasteiger partial charge in [0.2, 0.25) is 0 Å². The minimum atomic E-state index is -0.343. The van der Waals surface area contributed by atoms with Crippen LogP contribution in [0.1, 0.15) is 29.7 Å². The monoisotopic (exact) mass is 289 g/mol. The molecule has 0 fully saturated rings. The van der Waals surface area contributed by atoms with Crippen molar-refractivity contribution in [1.82, 2.24) is 0 Å². The highest BCUT2D eigenvalue weighted by atomic mass is 19.1. The number of nitrogens with two attached hydrogens (primary N) is 1. The predicted octanol–water partition coefficient (Wildman–Crippen LogP) is 3.74. The zero-order chi connectivity index (χ0) is 15.4. The molecule has 0 radical (unpaired) electrons. The maximum Gasteiger partial charge on any atom is 0.133 e. The summed E-state index contributed by atoms with van der Waals surface area (Å²) in [5.41, 5.74) is 8.40. The topological polar surface area (TPSA) is 44.5 Å². The summed E-state index contributed by atoms with van der Waals surface area (Å²) in [7, 11) is 1.51. The second-order valence-electron chi connectivity index (χ2n) is 5.08. The third-order valence-corrected chi connectivity index (χ3v) is 3.30. The molecule has 0 aromatic heterocycles. The summed E-state index contributed by atoms with van der Waals surface area (Å²) in [5, 5.41) is 0. The zero-order valence-corrected chi connectivity index (χ0v) is 12.5. The molecule has 3 nitrogen and oxygen atoms in total. The summed E-state index contributed by atoms with van der Waals surface area (Å²) < 4.78 is 24.6. The van der Waals surface area contributed by atoms with E-state index in [0.29, 0.717) is 17.1 Å². The van der Waals surface area contributed by atoms with Crippen LogP contribution in [-0.2, 0) is 6.61 Å². The second-order valence-corrected chi connectivity index (χ2v) is 5.08. The van der Waals surface area contributed by atoms with E-state index in [0.717, 1.165) is 11.1 Å². The van der Waals surface area contributed by atoms with E-state index in [4.69, 9.17) is 15.2 Å². The van der Waals surface area contributed by atoms with Crippen LogP contribution < -0.4 is 15.2 Å². The highest BCUT2D eigenvalue weighted by molar-refractivity contribution is 5.39. The Morgan fingerprint density at radius 2 is 1.95 bits per heavy atom. The first-order chi connectivity index (χ1) is 10.0. The summed E-state index contributed by atoms with van der Waals surface area (Å²) in [4.78, 5) is 0. The number of ether oxygens (including phenoxy) is 2. The first-order valence-electron chi connectivity index (χ1n) is 6.82. The maximum absolute atomic E-state index is 13.9. The Morgan fingerprint density at radius 3 is 2.57 bits per heavy atom. The molecule has 0 bridgehead atoms. The Labute approximate surface area is 124 Å². The number of methoxy groups -OCH3 is 1. The standard InChI is InChI=1S/C17H20FNO2/c1-11-4-7-15(12(2)19)17(8-11)21-10-13-5-6-14(20-3)9-16(13)18/h4-9,12H,10,19H2,1-3H3/t12-/m0/s1. The Hall–Kier alpha value is -2.07. The van der Waals surface area contributed by atoms with Gasteiger partial charge >= 0.3 is 0 Å². The number of halogens is 1. The van der Waals surface area contributed by atoms with E-state index in [9.17, 15) is 4.39 Å². The summed E-state index contributed by atoms with van der Waals surface area (Å²) in [5.74, 6) is 0.840. The van der Waals surface area contributed by atoms with Crippen LogP contribution in [0.2, 0.25) is 0 Å². The second kappa shape index (κ2) is 6.59. The molecule has 2 aromatic carbocycles. The third kappa shape index (κ3) is 3.73. The van der Waals surface area contributed by atoms with Crippen molar-refractivity contribution >= 4 is 0 Å². The molecule has 0 amide bonds. The van der Waals surface area contributed by atoms with E-state index in [1.54, 1.807) is 12.1 Å². The van der Waals surface area contributed by atoms with Gasteiger partial charge < -0.3 is 15.2 Å². The Kier molecular flexibility index (Phi) is 4.81. The maximum atomic E-state index is 13.9. The molecule has 2 aromatic rings. The number of benzene rings is 2. The van der Waals surface area contributed by atoms with Gasteiger partial charge in [0.25, 0.3) is 0 Å². The van der Waals surface area contributed by atoms with Crippen molar-refractivity contribution in [1.29, 1.82) is 0 Å². The van der Waals surface area contributed by atoms with Crippen molar-refractivity contribution in [3.05, 3.63) is 58.9 Å². The van der Waals surface area contributed by atoms with Crippen molar-refractivity contribution in [2.45, 2.75) is 26.5 Å². The average molecular weight is 289 g/mol. The fourth-order valence-electron chi connectivity index (χ4n) is 2.07. The molecule has 0 spiro atoms. The van der Waals surface area contributed by atoms with Gasteiger partial charge in [0.15, 0.2) is 0 Å². The molecule has 0 heterocycles. The van der Waals surface area contributed by atoms with Crippen molar-refractivity contribution in [3.63, 3.8) is 0 Å². The normalized spacial score (nSPS) is 12.0. The minimum Gasteiger partial charge on any atom is -0.497 e. The average Bonchev–Trinajstić information content (AvgIpc) is 2.45. The largest absolute Gasteiger partial charge is 0.497 e. The van der Waals surface area contributed by atoms with Crippen LogP contribution in [0, 0.1) is 12.7 Å². The molecule has 0 saturated carbocycles. The van der Waals surface area contributed by atoms with Gasteiger partial charge in [-0.1, -0.05) is 12.1 Å². The fraction of sp³-hybridized carbons (Fsp3) is 0.294. The van der Waals surface area contributed by atoms with Gasteiger partial charge in [0, 0.05) is 23.2 Å². The molecule has 2 N–H and O–H groups in total. The van der Waals surface area contributed by atoms with Crippen LogP contribution in [0.3, 0.4) is 0 Å². The van der Waals surface area contributed by atoms with Crippen molar-refractivity contribution in [3.8, 4) is 11.5 Å². The molecule has 0 unspecified atom stereocenters. The number of hydrogen-bond acceptors (Lipinski definition) is 3. The SMILES string of the molecule is COc1ccc(COc2cc(C)ccc2[C@H](C)N)c(F)c1. The molecular weight excluding hydrogens is 269 g/mol. The molecule has 1 atom stereocenters. The fourth-order valence-corrected chi connectivity index (χ4v) is 2.07. The Balaban J connectivity index is 2.18. The minimum absolute atomic E-state index is 0.138. The molecule has 21 heavy (non-hydrogen) atoms. The van der Waals surface area contributed by atoms with E-state index in [2.05, 4.69) is 0 Å². The molecule has 0 aliphatic carbocycles. The van der Waals surface area contributed by atoms with Crippen LogP contribution in [0.15, 0.2) is 36.4 Å². The van der Waals surface area contributed by atoms with Crippen molar-refractivity contribution in [2.24, 2.45) is 5.73 Å². The highest BCUT2D eigenvalue weighted by Gasteiger charge is 2.10. The van der Waals surface area contributed by atoms with Gasteiger partial charge in [-0.25, -0.2) is 4.39 Å². The van der Waals surface area contributed by atoms with Crippen LogP contribution in [0.4, 0.5) is 4.39 Å². The zero-order valence-electron chi connectivity index (χ0n) is 12.5. The smallest absolute Gasteiger partial charge is 0.133 e. The quantitative estimate of drug-likeness (QED) is 0.912. The van der Waals surface area contributed by atoms with Crippen molar-refractivity contribution in [2.75, 3.05) is 7.11 Å². The van der Waals surface area contributed by atoms with Gasteiger partial charge in [-0.3, -0.25) is 0 Å². The molecule has 2 rings (SSSR count). The summed E-state index contributed by atoms with van der Waals surface area (Å²) >= 11 is 0. The first-order valence-corrected chi connectivity index (χ1v) is 6.82. The Morgan fingerprint density at radius 1 is 1.19 bits per heavy atom. The molecule has 0 saturated heterocycles. The lowest BCUT2D eigenvalue weighted by atomic mass is 10.1. The number of hydrogen-bond donors (Lipinski definition) is 1. The van der Waals surface area contributed by atoms with Crippen LogP contribution in [-0.4, -0.2) is 7.11 Å². The Bertz CT molecular complexity index is 626. The van der Waals surface area contributed by atoms with E-state index in [1.165, 1.54) is 13.2 Å². The molecule has 0 aliphatic heterocycles. The van der Waals surface area contributed by atoms with Crippen molar-refractivity contribution < 1.29 is 13.9 Å². The van der Waals surface area contributed by atoms with E-state index < -0.39 is 0 Å². The lowest BCUT2D eigenvalue weighted by Gasteiger charge is -2.15. The molecule has 4 heteroatoms. The first kappa shape index (κ1) is 15.3. The van der Waals surface area contributed by atoms with E-state index in [1.807, 2.05) is 32.0 Å². The van der Waals surface area contributed by atoms with Gasteiger partial charge in [-0.05, 0) is 37.6 Å². The van der Waals surface area contributed by atoms with E-state index >= 15 is 0 Å². The van der Waals surface area contributed by atoms with Gasteiger partial charge in [0.1, 0.15) is 23.9 Å². The summed E-state index contributed by atoms with van der Waals surface area (Å²) in [6.07, 6.45) is 0. The molecular formula is C17H20FNO2.